The smallest absolute Gasteiger partial charge is 0.0322 e. The van der Waals surface area contributed by atoms with E-state index in [0.29, 0.717) is 11.5 Å². The fourth-order valence-corrected chi connectivity index (χ4v) is 3.53. The maximum Gasteiger partial charge on any atom is 0.0322 e. The molecule has 0 bridgehead atoms. The molecule has 106 valence electrons. The van der Waals surface area contributed by atoms with Gasteiger partial charge in [0.15, 0.2) is 0 Å². The summed E-state index contributed by atoms with van der Waals surface area (Å²) in [5.41, 5.74) is 3.56. The Morgan fingerprint density at radius 2 is 2.16 bits per heavy atom. The molecular weight excluding hydrogens is 256 g/mol. The highest BCUT2D eigenvalue weighted by atomic mass is 35.5. The SMILES string of the molecule is CC1c2ccccc2CCN1CC1(C)CCNC1.Cl. The van der Waals surface area contributed by atoms with E-state index >= 15 is 0 Å². The molecule has 19 heavy (non-hydrogen) atoms. The first-order valence-electron chi connectivity index (χ1n) is 7.21. The van der Waals surface area contributed by atoms with Crippen LogP contribution in [0.15, 0.2) is 24.3 Å². The topological polar surface area (TPSA) is 15.3 Å². The number of hydrogen-bond donors (Lipinski definition) is 1. The Morgan fingerprint density at radius 1 is 1.37 bits per heavy atom. The van der Waals surface area contributed by atoms with Gasteiger partial charge in [-0.2, -0.15) is 0 Å². The van der Waals surface area contributed by atoms with Crippen LogP contribution in [0.2, 0.25) is 0 Å². The van der Waals surface area contributed by atoms with Crippen molar-refractivity contribution in [2.75, 3.05) is 26.2 Å². The highest BCUT2D eigenvalue weighted by Crippen LogP contribution is 2.34. The highest BCUT2D eigenvalue weighted by molar-refractivity contribution is 5.85. The molecule has 1 aromatic rings. The number of halogens is 1. The highest BCUT2D eigenvalue weighted by Gasteiger charge is 2.33. The van der Waals surface area contributed by atoms with E-state index in [1.807, 2.05) is 0 Å². The van der Waals surface area contributed by atoms with Crippen LogP contribution in [0.25, 0.3) is 0 Å². The van der Waals surface area contributed by atoms with Gasteiger partial charge in [0, 0.05) is 25.7 Å². The van der Waals surface area contributed by atoms with Crippen LogP contribution >= 0.6 is 12.4 Å². The molecule has 0 aliphatic carbocycles. The van der Waals surface area contributed by atoms with Crippen LogP contribution in [0.5, 0.6) is 0 Å². The molecule has 2 unspecified atom stereocenters. The number of rotatable bonds is 2. The van der Waals surface area contributed by atoms with Crippen molar-refractivity contribution in [3.63, 3.8) is 0 Å². The van der Waals surface area contributed by atoms with Gasteiger partial charge in [0.05, 0.1) is 0 Å². The maximum atomic E-state index is 3.51. The van der Waals surface area contributed by atoms with Gasteiger partial charge in [-0.3, -0.25) is 4.90 Å². The fraction of sp³-hybridized carbons (Fsp3) is 0.625. The van der Waals surface area contributed by atoms with E-state index in [1.54, 1.807) is 11.1 Å². The summed E-state index contributed by atoms with van der Waals surface area (Å²) in [4.78, 5) is 2.68. The van der Waals surface area contributed by atoms with E-state index in [4.69, 9.17) is 0 Å². The van der Waals surface area contributed by atoms with Crippen LogP contribution in [0.1, 0.15) is 37.4 Å². The third kappa shape index (κ3) is 2.96. The average molecular weight is 281 g/mol. The third-order valence-corrected chi connectivity index (χ3v) is 4.76. The molecular formula is C16H25ClN2. The zero-order chi connectivity index (χ0) is 12.6. The van der Waals surface area contributed by atoms with Gasteiger partial charge in [0.1, 0.15) is 0 Å². The predicted octanol–water partition coefficient (Wildman–Crippen LogP) is 3.03. The molecule has 3 rings (SSSR count). The van der Waals surface area contributed by atoms with Crippen molar-refractivity contribution in [3.8, 4) is 0 Å². The van der Waals surface area contributed by atoms with Crippen molar-refractivity contribution in [2.24, 2.45) is 5.41 Å². The minimum Gasteiger partial charge on any atom is -0.316 e. The lowest BCUT2D eigenvalue weighted by molar-refractivity contribution is 0.129. The normalized spacial score (nSPS) is 30.7. The monoisotopic (exact) mass is 280 g/mol. The average Bonchev–Trinajstić information content (AvgIpc) is 2.80. The number of hydrogen-bond acceptors (Lipinski definition) is 2. The third-order valence-electron chi connectivity index (χ3n) is 4.76. The summed E-state index contributed by atoms with van der Waals surface area (Å²) in [6.45, 7) is 9.61. The first kappa shape index (κ1) is 14.8. The Balaban J connectivity index is 0.00000133. The quantitative estimate of drug-likeness (QED) is 0.896. The Morgan fingerprint density at radius 3 is 2.89 bits per heavy atom. The van der Waals surface area contributed by atoms with Crippen LogP contribution in [0, 0.1) is 5.41 Å². The lowest BCUT2D eigenvalue weighted by Gasteiger charge is -2.40. The Labute approximate surface area is 123 Å². The van der Waals surface area contributed by atoms with E-state index in [-0.39, 0.29) is 12.4 Å². The molecule has 1 N–H and O–H groups in total. The van der Waals surface area contributed by atoms with Crippen molar-refractivity contribution in [3.05, 3.63) is 35.4 Å². The largest absolute Gasteiger partial charge is 0.316 e. The number of benzene rings is 1. The lowest BCUT2D eigenvalue weighted by Crippen LogP contribution is -2.42. The van der Waals surface area contributed by atoms with Crippen LogP contribution < -0.4 is 5.32 Å². The van der Waals surface area contributed by atoms with E-state index in [2.05, 4.69) is 48.3 Å². The van der Waals surface area contributed by atoms with Gasteiger partial charge < -0.3 is 5.32 Å². The molecule has 2 aliphatic rings. The molecule has 0 amide bonds. The van der Waals surface area contributed by atoms with Gasteiger partial charge >= 0.3 is 0 Å². The van der Waals surface area contributed by atoms with E-state index in [1.165, 1.54) is 39.0 Å². The van der Waals surface area contributed by atoms with Crippen LogP contribution in [0.4, 0.5) is 0 Å². The van der Waals surface area contributed by atoms with Crippen molar-refractivity contribution in [2.45, 2.75) is 32.7 Å². The molecule has 3 heteroatoms. The molecule has 2 atom stereocenters. The van der Waals surface area contributed by atoms with Crippen molar-refractivity contribution in [1.82, 2.24) is 10.2 Å². The second kappa shape index (κ2) is 5.82. The molecule has 0 radical (unpaired) electrons. The van der Waals surface area contributed by atoms with E-state index in [9.17, 15) is 0 Å². The van der Waals surface area contributed by atoms with Gasteiger partial charge in [-0.1, -0.05) is 31.2 Å². The van der Waals surface area contributed by atoms with Crippen LogP contribution in [-0.4, -0.2) is 31.1 Å². The number of fused-ring (bicyclic) bond motifs is 1. The maximum absolute atomic E-state index is 3.51. The minimum atomic E-state index is 0. The molecule has 2 nitrogen and oxygen atoms in total. The Kier molecular flexibility index (Phi) is 4.54. The Hall–Kier alpha value is -0.570. The summed E-state index contributed by atoms with van der Waals surface area (Å²) >= 11 is 0. The van der Waals surface area contributed by atoms with Crippen molar-refractivity contribution >= 4 is 12.4 Å². The van der Waals surface area contributed by atoms with Crippen molar-refractivity contribution in [1.29, 1.82) is 0 Å². The van der Waals surface area contributed by atoms with Gasteiger partial charge in [0.25, 0.3) is 0 Å². The molecule has 0 saturated carbocycles. The number of nitrogens with zero attached hydrogens (tertiary/aromatic N) is 1. The van der Waals surface area contributed by atoms with Crippen molar-refractivity contribution < 1.29 is 0 Å². The zero-order valence-electron chi connectivity index (χ0n) is 12.0. The van der Waals surface area contributed by atoms with Crippen LogP contribution in [-0.2, 0) is 6.42 Å². The van der Waals surface area contributed by atoms with Gasteiger partial charge in [-0.25, -0.2) is 0 Å². The Bertz CT molecular complexity index is 427. The molecule has 1 saturated heterocycles. The van der Waals surface area contributed by atoms with Crippen LogP contribution in [0.3, 0.4) is 0 Å². The molecule has 1 fully saturated rings. The first-order valence-corrected chi connectivity index (χ1v) is 7.21. The molecule has 2 aliphatic heterocycles. The van der Waals surface area contributed by atoms with E-state index in [0.717, 1.165) is 0 Å². The second-order valence-electron chi connectivity index (χ2n) is 6.33. The standard InChI is InChI=1S/C16H24N2.ClH/c1-13-15-6-4-3-5-14(15)7-10-18(13)12-16(2)8-9-17-11-16;/h3-6,13,17H,7-12H2,1-2H3;1H. The first-order chi connectivity index (χ1) is 8.68. The summed E-state index contributed by atoms with van der Waals surface area (Å²) in [5, 5.41) is 3.51. The molecule has 1 aromatic carbocycles. The molecule has 0 spiro atoms. The second-order valence-corrected chi connectivity index (χ2v) is 6.33. The minimum absolute atomic E-state index is 0. The lowest BCUT2D eigenvalue weighted by atomic mass is 9.86. The van der Waals surface area contributed by atoms with Gasteiger partial charge in [0.2, 0.25) is 0 Å². The number of nitrogens with one attached hydrogen (secondary N) is 1. The summed E-state index contributed by atoms with van der Waals surface area (Å²) in [7, 11) is 0. The summed E-state index contributed by atoms with van der Waals surface area (Å²) in [6, 6.07) is 9.53. The predicted molar refractivity (Wildman–Crippen MR) is 83.0 cm³/mol. The molecule has 0 aromatic heterocycles. The summed E-state index contributed by atoms with van der Waals surface area (Å²) in [6.07, 6.45) is 2.53. The molecule has 2 heterocycles. The van der Waals surface area contributed by atoms with E-state index < -0.39 is 0 Å². The van der Waals surface area contributed by atoms with Gasteiger partial charge in [-0.05, 0) is 42.9 Å². The summed E-state index contributed by atoms with van der Waals surface area (Å²) in [5.74, 6) is 0. The van der Waals surface area contributed by atoms with Gasteiger partial charge in [-0.15, -0.1) is 12.4 Å². The zero-order valence-corrected chi connectivity index (χ0v) is 12.8. The summed E-state index contributed by atoms with van der Waals surface area (Å²) < 4.78 is 0. The fourth-order valence-electron chi connectivity index (χ4n) is 3.53.